The van der Waals surface area contributed by atoms with Gasteiger partial charge in [-0.2, -0.15) is 0 Å². The number of hydrogen-bond donors (Lipinski definition) is 2. The summed E-state index contributed by atoms with van der Waals surface area (Å²) in [7, 11) is 0. The van der Waals surface area contributed by atoms with Crippen LogP contribution in [0.3, 0.4) is 0 Å². The summed E-state index contributed by atoms with van der Waals surface area (Å²) in [6, 6.07) is 2.33. The Bertz CT molecular complexity index is 410. The molecule has 5 heteroatoms. The van der Waals surface area contributed by atoms with Gasteiger partial charge in [0, 0.05) is 25.6 Å². The molecule has 0 saturated carbocycles. The van der Waals surface area contributed by atoms with Gasteiger partial charge < -0.3 is 15.4 Å². The molecule has 1 fully saturated rings. The maximum Gasteiger partial charge on any atom is 0.132 e. The monoisotopic (exact) mass is 264 g/mol. The predicted molar refractivity (Wildman–Crippen MR) is 77.6 cm³/mol. The van der Waals surface area contributed by atoms with E-state index >= 15 is 0 Å². The largest absolute Gasteiger partial charge is 0.376 e. The van der Waals surface area contributed by atoms with Crippen LogP contribution in [0.1, 0.15) is 39.4 Å². The molecular weight excluding hydrogens is 240 g/mol. The lowest BCUT2D eigenvalue weighted by Crippen LogP contribution is -2.27. The van der Waals surface area contributed by atoms with E-state index in [0.717, 1.165) is 49.9 Å². The number of aryl methyl sites for hydroxylation is 1. The fourth-order valence-corrected chi connectivity index (χ4v) is 2.18. The molecule has 0 amide bonds. The van der Waals surface area contributed by atoms with Crippen LogP contribution in [0, 0.1) is 0 Å². The van der Waals surface area contributed by atoms with E-state index in [1.54, 1.807) is 0 Å². The van der Waals surface area contributed by atoms with Gasteiger partial charge in [0.1, 0.15) is 17.5 Å². The molecule has 0 aliphatic carbocycles. The van der Waals surface area contributed by atoms with Gasteiger partial charge in [-0.15, -0.1) is 0 Å². The Hall–Kier alpha value is -1.36. The summed E-state index contributed by atoms with van der Waals surface area (Å²) >= 11 is 0. The Balaban J connectivity index is 2.09. The first-order valence-electron chi connectivity index (χ1n) is 7.23. The van der Waals surface area contributed by atoms with E-state index in [2.05, 4.69) is 41.4 Å². The van der Waals surface area contributed by atoms with Gasteiger partial charge in [-0.1, -0.05) is 13.8 Å². The Morgan fingerprint density at radius 2 is 2.11 bits per heavy atom. The van der Waals surface area contributed by atoms with E-state index in [4.69, 9.17) is 4.74 Å². The lowest BCUT2D eigenvalue weighted by molar-refractivity contribution is 0.121. The quantitative estimate of drug-likeness (QED) is 0.826. The number of ether oxygens (including phenoxy) is 1. The minimum Gasteiger partial charge on any atom is -0.376 e. The van der Waals surface area contributed by atoms with E-state index < -0.39 is 0 Å². The topological polar surface area (TPSA) is 59.1 Å². The predicted octanol–water partition coefficient (Wildman–Crippen LogP) is 2.45. The van der Waals surface area contributed by atoms with Crippen LogP contribution in [0.25, 0.3) is 0 Å². The molecule has 2 rings (SSSR count). The van der Waals surface area contributed by atoms with Crippen molar-refractivity contribution in [3.8, 4) is 0 Å². The Morgan fingerprint density at radius 1 is 1.32 bits per heavy atom. The van der Waals surface area contributed by atoms with Crippen molar-refractivity contribution in [3.63, 3.8) is 0 Å². The van der Waals surface area contributed by atoms with Crippen LogP contribution >= 0.6 is 0 Å². The zero-order chi connectivity index (χ0) is 13.7. The second-order valence-electron chi connectivity index (χ2n) is 4.95. The second kappa shape index (κ2) is 6.70. The fourth-order valence-electron chi connectivity index (χ4n) is 2.18. The molecule has 0 aromatic carbocycles. The summed E-state index contributed by atoms with van der Waals surface area (Å²) in [5, 5.41) is 6.79. The highest BCUT2D eigenvalue weighted by atomic mass is 16.5. The number of rotatable bonds is 6. The van der Waals surface area contributed by atoms with Gasteiger partial charge in [-0.05, 0) is 19.8 Å². The van der Waals surface area contributed by atoms with Crippen molar-refractivity contribution in [1.29, 1.82) is 0 Å². The number of aromatic nitrogens is 2. The average molecular weight is 264 g/mol. The smallest absolute Gasteiger partial charge is 0.132 e. The van der Waals surface area contributed by atoms with Crippen molar-refractivity contribution < 1.29 is 4.74 Å². The van der Waals surface area contributed by atoms with Gasteiger partial charge in [0.05, 0.1) is 12.1 Å². The maximum absolute atomic E-state index is 5.57. The number of anilines is 2. The minimum atomic E-state index is 0.243. The second-order valence-corrected chi connectivity index (χ2v) is 4.95. The molecule has 2 unspecified atom stereocenters. The third-order valence-corrected chi connectivity index (χ3v) is 3.35. The lowest BCUT2D eigenvalue weighted by atomic mass is 10.1. The van der Waals surface area contributed by atoms with E-state index in [9.17, 15) is 0 Å². The van der Waals surface area contributed by atoms with E-state index in [1.165, 1.54) is 0 Å². The molecule has 2 heterocycles. The highest BCUT2D eigenvalue weighted by molar-refractivity contribution is 5.48. The molecule has 19 heavy (non-hydrogen) atoms. The van der Waals surface area contributed by atoms with Gasteiger partial charge in [0.15, 0.2) is 0 Å². The number of nitrogens with one attached hydrogen (secondary N) is 2. The third kappa shape index (κ3) is 3.80. The van der Waals surface area contributed by atoms with Crippen LogP contribution < -0.4 is 10.6 Å². The third-order valence-electron chi connectivity index (χ3n) is 3.35. The van der Waals surface area contributed by atoms with Crippen LogP contribution in [0.5, 0.6) is 0 Å². The molecule has 5 nitrogen and oxygen atoms in total. The van der Waals surface area contributed by atoms with Crippen LogP contribution in [0.4, 0.5) is 11.6 Å². The van der Waals surface area contributed by atoms with Crippen LogP contribution in [0.15, 0.2) is 6.07 Å². The highest BCUT2D eigenvalue weighted by Crippen LogP contribution is 2.19. The molecule has 1 aromatic heterocycles. The van der Waals surface area contributed by atoms with E-state index in [0.29, 0.717) is 6.04 Å². The maximum atomic E-state index is 5.57. The normalized spacial score (nSPS) is 22.5. The summed E-state index contributed by atoms with van der Waals surface area (Å²) in [5.74, 6) is 2.67. The molecule has 0 radical (unpaired) electrons. The van der Waals surface area contributed by atoms with Crippen molar-refractivity contribution in [1.82, 2.24) is 9.97 Å². The molecular formula is C14H24N4O. The Kier molecular flexibility index (Phi) is 4.96. The summed E-state index contributed by atoms with van der Waals surface area (Å²) < 4.78 is 5.57. The highest BCUT2D eigenvalue weighted by Gasteiger charge is 2.24. The summed E-state index contributed by atoms with van der Waals surface area (Å²) in [6.45, 7) is 8.08. The van der Waals surface area contributed by atoms with Gasteiger partial charge in [0.2, 0.25) is 0 Å². The first-order valence-corrected chi connectivity index (χ1v) is 7.23. The van der Waals surface area contributed by atoms with E-state index in [-0.39, 0.29) is 6.10 Å². The minimum absolute atomic E-state index is 0.243. The molecule has 1 aromatic rings. The standard InChI is InChI=1S/C14H24N4O/c1-4-7-15-13-9-14(18-12(5-2)17-13)16-11-6-8-19-10(11)3/h9-11H,4-8H2,1-3H3,(H2,15,16,17,18). The Morgan fingerprint density at radius 3 is 2.74 bits per heavy atom. The SMILES string of the molecule is CCCNc1cc(NC2CCOC2C)nc(CC)n1. The molecule has 0 bridgehead atoms. The molecule has 2 N–H and O–H groups in total. The van der Waals surface area contributed by atoms with Crippen molar-refractivity contribution >= 4 is 11.6 Å². The molecule has 0 spiro atoms. The molecule has 2 atom stereocenters. The lowest BCUT2D eigenvalue weighted by Gasteiger charge is -2.17. The van der Waals surface area contributed by atoms with Crippen LogP contribution in [-0.2, 0) is 11.2 Å². The average Bonchev–Trinajstić information content (AvgIpc) is 2.81. The van der Waals surface area contributed by atoms with Crippen molar-refractivity contribution in [2.45, 2.75) is 52.2 Å². The first-order chi connectivity index (χ1) is 9.22. The van der Waals surface area contributed by atoms with Crippen molar-refractivity contribution in [2.24, 2.45) is 0 Å². The Labute approximate surface area is 115 Å². The molecule has 1 aliphatic rings. The summed E-state index contributed by atoms with van der Waals surface area (Å²) in [4.78, 5) is 9.03. The van der Waals surface area contributed by atoms with Crippen molar-refractivity contribution in [2.75, 3.05) is 23.8 Å². The fraction of sp³-hybridized carbons (Fsp3) is 0.714. The molecule has 106 valence electrons. The summed E-state index contributed by atoms with van der Waals surface area (Å²) in [5.41, 5.74) is 0. The van der Waals surface area contributed by atoms with Gasteiger partial charge in [-0.25, -0.2) is 9.97 Å². The van der Waals surface area contributed by atoms with Gasteiger partial charge in [0.25, 0.3) is 0 Å². The zero-order valence-corrected chi connectivity index (χ0v) is 12.1. The van der Waals surface area contributed by atoms with Crippen LogP contribution in [-0.4, -0.2) is 35.3 Å². The number of nitrogens with zero attached hydrogens (tertiary/aromatic N) is 2. The zero-order valence-electron chi connectivity index (χ0n) is 12.1. The molecule has 1 saturated heterocycles. The van der Waals surface area contributed by atoms with E-state index in [1.807, 2.05) is 6.07 Å². The van der Waals surface area contributed by atoms with Crippen molar-refractivity contribution in [3.05, 3.63) is 11.9 Å². The van der Waals surface area contributed by atoms with Crippen LogP contribution in [0.2, 0.25) is 0 Å². The number of hydrogen-bond acceptors (Lipinski definition) is 5. The first kappa shape index (κ1) is 14.1. The summed E-state index contributed by atoms with van der Waals surface area (Å²) in [6.07, 6.45) is 3.20. The molecule has 1 aliphatic heterocycles. The van der Waals surface area contributed by atoms with Gasteiger partial charge in [-0.3, -0.25) is 0 Å². The van der Waals surface area contributed by atoms with Gasteiger partial charge >= 0.3 is 0 Å².